The molecule has 0 spiro atoms. The standard InChI is InChI=1S/C10H10N4O2/c11-10(15)5-16-9-4-2-1-3-8(9)14-6-12-13-7-14/h1-4,6-7H,5H2,(H2,11,15). The summed E-state index contributed by atoms with van der Waals surface area (Å²) in [5.74, 6) is 0.0414. The molecule has 0 saturated heterocycles. The van der Waals surface area contributed by atoms with E-state index in [-0.39, 0.29) is 6.61 Å². The molecular formula is C10H10N4O2. The van der Waals surface area contributed by atoms with Gasteiger partial charge >= 0.3 is 0 Å². The van der Waals surface area contributed by atoms with Crippen molar-refractivity contribution < 1.29 is 9.53 Å². The summed E-state index contributed by atoms with van der Waals surface area (Å²) in [6.45, 7) is -0.154. The van der Waals surface area contributed by atoms with Crippen LogP contribution in [-0.4, -0.2) is 27.3 Å². The Morgan fingerprint density at radius 3 is 2.69 bits per heavy atom. The van der Waals surface area contributed by atoms with Crippen molar-refractivity contribution in [2.24, 2.45) is 5.73 Å². The molecule has 6 heteroatoms. The number of carbonyl (C=O) groups is 1. The van der Waals surface area contributed by atoms with Gasteiger partial charge in [-0.2, -0.15) is 0 Å². The van der Waals surface area contributed by atoms with Crippen LogP contribution in [0.15, 0.2) is 36.9 Å². The second-order valence-corrected chi connectivity index (χ2v) is 3.09. The van der Waals surface area contributed by atoms with E-state index in [1.165, 1.54) is 0 Å². The van der Waals surface area contributed by atoms with E-state index in [1.54, 1.807) is 23.3 Å². The second kappa shape index (κ2) is 4.43. The van der Waals surface area contributed by atoms with E-state index in [0.717, 1.165) is 5.69 Å². The minimum Gasteiger partial charge on any atom is -0.482 e. The van der Waals surface area contributed by atoms with Gasteiger partial charge in [-0.05, 0) is 12.1 Å². The van der Waals surface area contributed by atoms with Gasteiger partial charge in [0.05, 0.1) is 5.69 Å². The number of benzene rings is 1. The topological polar surface area (TPSA) is 83.0 Å². The van der Waals surface area contributed by atoms with E-state index in [4.69, 9.17) is 10.5 Å². The molecule has 1 aromatic carbocycles. The summed E-state index contributed by atoms with van der Waals surface area (Å²) < 4.78 is 6.96. The predicted molar refractivity (Wildman–Crippen MR) is 56.0 cm³/mol. The average molecular weight is 218 g/mol. The van der Waals surface area contributed by atoms with E-state index >= 15 is 0 Å². The molecule has 2 N–H and O–H groups in total. The molecule has 16 heavy (non-hydrogen) atoms. The summed E-state index contributed by atoms with van der Waals surface area (Å²) in [5.41, 5.74) is 5.77. The van der Waals surface area contributed by atoms with Crippen LogP contribution < -0.4 is 10.5 Å². The predicted octanol–water partition coefficient (Wildman–Crippen LogP) is 0.131. The van der Waals surface area contributed by atoms with E-state index in [1.807, 2.05) is 18.2 Å². The molecule has 1 heterocycles. The summed E-state index contributed by atoms with van der Waals surface area (Å²) in [4.78, 5) is 10.6. The molecule has 2 rings (SSSR count). The summed E-state index contributed by atoms with van der Waals surface area (Å²) in [6, 6.07) is 7.24. The van der Waals surface area contributed by atoms with Crippen LogP contribution >= 0.6 is 0 Å². The molecule has 0 radical (unpaired) electrons. The van der Waals surface area contributed by atoms with Crippen molar-refractivity contribution in [2.45, 2.75) is 0 Å². The number of carbonyl (C=O) groups excluding carboxylic acids is 1. The van der Waals surface area contributed by atoms with E-state index in [9.17, 15) is 4.79 Å². The highest BCUT2D eigenvalue weighted by atomic mass is 16.5. The summed E-state index contributed by atoms with van der Waals surface area (Å²) in [6.07, 6.45) is 3.10. The van der Waals surface area contributed by atoms with Gasteiger partial charge in [-0.3, -0.25) is 9.36 Å². The number of ether oxygens (including phenoxy) is 1. The first-order valence-corrected chi connectivity index (χ1v) is 4.62. The average Bonchev–Trinajstić information content (AvgIpc) is 2.80. The summed E-state index contributed by atoms with van der Waals surface area (Å²) >= 11 is 0. The number of nitrogens with two attached hydrogens (primary N) is 1. The zero-order valence-corrected chi connectivity index (χ0v) is 8.41. The number of primary amides is 1. The maximum atomic E-state index is 10.6. The van der Waals surface area contributed by atoms with Crippen LogP contribution in [0.5, 0.6) is 5.75 Å². The molecule has 0 saturated carbocycles. The highest BCUT2D eigenvalue weighted by molar-refractivity contribution is 5.75. The van der Waals surface area contributed by atoms with Gasteiger partial charge in [-0.25, -0.2) is 0 Å². The van der Waals surface area contributed by atoms with Crippen LogP contribution in [0, 0.1) is 0 Å². The number of aromatic nitrogens is 3. The first-order chi connectivity index (χ1) is 7.77. The van der Waals surface area contributed by atoms with Crippen LogP contribution in [0.3, 0.4) is 0 Å². The molecule has 82 valence electrons. The first-order valence-electron chi connectivity index (χ1n) is 4.62. The molecule has 1 aromatic heterocycles. The normalized spacial score (nSPS) is 10.0. The first kappa shape index (κ1) is 10.2. The lowest BCUT2D eigenvalue weighted by atomic mass is 10.3. The maximum Gasteiger partial charge on any atom is 0.255 e. The fraction of sp³-hybridized carbons (Fsp3) is 0.100. The van der Waals surface area contributed by atoms with Crippen LogP contribution in [-0.2, 0) is 4.79 Å². The zero-order valence-electron chi connectivity index (χ0n) is 8.41. The van der Waals surface area contributed by atoms with E-state index in [0.29, 0.717) is 5.75 Å². The Labute approximate surface area is 91.7 Å². The maximum absolute atomic E-state index is 10.6. The molecule has 0 bridgehead atoms. The minimum absolute atomic E-state index is 0.154. The van der Waals surface area contributed by atoms with Crippen molar-refractivity contribution in [3.63, 3.8) is 0 Å². The lowest BCUT2D eigenvalue weighted by molar-refractivity contribution is -0.119. The molecule has 0 aliphatic carbocycles. The molecule has 0 aliphatic heterocycles. The Hall–Kier alpha value is -2.37. The quantitative estimate of drug-likeness (QED) is 0.790. The Kier molecular flexibility index (Phi) is 2.81. The third kappa shape index (κ3) is 2.17. The van der Waals surface area contributed by atoms with Crippen molar-refractivity contribution in [2.75, 3.05) is 6.61 Å². The zero-order chi connectivity index (χ0) is 11.4. The summed E-state index contributed by atoms with van der Waals surface area (Å²) in [5, 5.41) is 7.40. The van der Waals surface area contributed by atoms with E-state index < -0.39 is 5.91 Å². The molecular weight excluding hydrogens is 208 g/mol. The number of amides is 1. The van der Waals surface area contributed by atoms with E-state index in [2.05, 4.69) is 10.2 Å². The van der Waals surface area contributed by atoms with Gasteiger partial charge in [0.15, 0.2) is 6.61 Å². The van der Waals surface area contributed by atoms with Crippen LogP contribution in [0.2, 0.25) is 0 Å². The van der Waals surface area contributed by atoms with Gasteiger partial charge < -0.3 is 10.5 Å². The number of hydrogen-bond acceptors (Lipinski definition) is 4. The monoisotopic (exact) mass is 218 g/mol. The fourth-order valence-corrected chi connectivity index (χ4v) is 1.27. The third-order valence-corrected chi connectivity index (χ3v) is 1.93. The Morgan fingerprint density at radius 2 is 2.00 bits per heavy atom. The van der Waals surface area contributed by atoms with Crippen LogP contribution in [0.1, 0.15) is 0 Å². The van der Waals surface area contributed by atoms with Gasteiger partial charge in [0.1, 0.15) is 18.4 Å². The fourth-order valence-electron chi connectivity index (χ4n) is 1.27. The highest BCUT2D eigenvalue weighted by Gasteiger charge is 2.05. The minimum atomic E-state index is -0.515. The molecule has 0 atom stereocenters. The van der Waals surface area contributed by atoms with Gasteiger partial charge in [-0.15, -0.1) is 10.2 Å². The Morgan fingerprint density at radius 1 is 1.31 bits per heavy atom. The van der Waals surface area contributed by atoms with Crippen LogP contribution in [0.4, 0.5) is 0 Å². The lowest BCUT2D eigenvalue weighted by Gasteiger charge is -2.09. The third-order valence-electron chi connectivity index (χ3n) is 1.93. The number of nitrogens with zero attached hydrogens (tertiary/aromatic N) is 3. The Balaban J connectivity index is 2.27. The molecule has 0 aliphatic rings. The largest absolute Gasteiger partial charge is 0.482 e. The molecule has 1 amide bonds. The highest BCUT2D eigenvalue weighted by Crippen LogP contribution is 2.21. The van der Waals surface area contributed by atoms with Gasteiger partial charge in [-0.1, -0.05) is 12.1 Å². The smallest absolute Gasteiger partial charge is 0.255 e. The van der Waals surface area contributed by atoms with Crippen molar-refractivity contribution >= 4 is 5.91 Å². The van der Waals surface area contributed by atoms with Crippen molar-refractivity contribution in [1.82, 2.24) is 14.8 Å². The molecule has 0 unspecified atom stereocenters. The number of hydrogen-bond donors (Lipinski definition) is 1. The molecule has 6 nitrogen and oxygen atoms in total. The van der Waals surface area contributed by atoms with Crippen molar-refractivity contribution in [3.05, 3.63) is 36.9 Å². The van der Waals surface area contributed by atoms with Crippen LogP contribution in [0.25, 0.3) is 5.69 Å². The van der Waals surface area contributed by atoms with Gasteiger partial charge in [0.2, 0.25) is 0 Å². The summed E-state index contributed by atoms with van der Waals surface area (Å²) in [7, 11) is 0. The second-order valence-electron chi connectivity index (χ2n) is 3.09. The Bertz CT molecular complexity index is 481. The SMILES string of the molecule is NC(=O)COc1ccccc1-n1cnnc1. The van der Waals surface area contributed by atoms with Crippen molar-refractivity contribution in [3.8, 4) is 11.4 Å². The number of para-hydroxylation sites is 2. The lowest BCUT2D eigenvalue weighted by Crippen LogP contribution is -2.20. The number of rotatable bonds is 4. The molecule has 2 aromatic rings. The molecule has 0 fully saturated rings. The van der Waals surface area contributed by atoms with Gasteiger partial charge in [0.25, 0.3) is 5.91 Å². The van der Waals surface area contributed by atoms with Gasteiger partial charge in [0, 0.05) is 0 Å². The van der Waals surface area contributed by atoms with Crippen molar-refractivity contribution in [1.29, 1.82) is 0 Å².